The maximum absolute atomic E-state index is 13.6. The number of carbonyl (C=O) groups excluding carboxylic acids is 1. The molecule has 1 saturated heterocycles. The first-order chi connectivity index (χ1) is 16.0. The minimum Gasteiger partial charge on any atom is -0.493 e. The van der Waals surface area contributed by atoms with Crippen LogP contribution in [0.1, 0.15) is 41.7 Å². The van der Waals surface area contributed by atoms with Crippen LogP contribution in [-0.4, -0.2) is 55.2 Å². The van der Waals surface area contributed by atoms with E-state index in [-0.39, 0.29) is 18.3 Å². The van der Waals surface area contributed by atoms with Gasteiger partial charge in [0.15, 0.2) is 17.1 Å². The molecule has 1 aliphatic heterocycles. The number of hydrogen-bond acceptors (Lipinski definition) is 7. The summed E-state index contributed by atoms with van der Waals surface area (Å²) in [4.78, 5) is 24.6. The molecule has 3 heterocycles. The van der Waals surface area contributed by atoms with Crippen LogP contribution in [0.15, 0.2) is 30.5 Å². The number of halogens is 1. The van der Waals surface area contributed by atoms with Crippen LogP contribution < -0.4 is 19.5 Å². The molecule has 1 fully saturated rings. The van der Waals surface area contributed by atoms with Crippen molar-refractivity contribution in [1.82, 2.24) is 14.9 Å². The first-order valence-electron chi connectivity index (χ1n) is 11.2. The van der Waals surface area contributed by atoms with E-state index in [0.717, 1.165) is 49.9 Å². The van der Waals surface area contributed by atoms with Crippen molar-refractivity contribution in [2.45, 2.75) is 32.6 Å². The largest absolute Gasteiger partial charge is 0.493 e. The topological polar surface area (TPSA) is 85.8 Å². The molecule has 0 radical (unpaired) electrons. The van der Waals surface area contributed by atoms with Gasteiger partial charge in [0.1, 0.15) is 0 Å². The molecule has 0 aliphatic carbocycles. The molecule has 3 aromatic rings. The summed E-state index contributed by atoms with van der Waals surface area (Å²) in [6.45, 7) is 3.43. The Balaban J connectivity index is 0.00000324. The Hall–Kier alpha value is -3.26. The summed E-state index contributed by atoms with van der Waals surface area (Å²) in [6.07, 6.45) is 5.97. The van der Waals surface area contributed by atoms with Crippen LogP contribution in [-0.2, 0) is 0 Å². The lowest BCUT2D eigenvalue weighted by Crippen LogP contribution is -2.32. The van der Waals surface area contributed by atoms with Crippen molar-refractivity contribution in [3.63, 3.8) is 0 Å². The monoisotopic (exact) mass is 486 g/mol. The lowest BCUT2D eigenvalue weighted by atomic mass is 10.1. The number of fused-ring (bicyclic) bond motifs is 1. The molecule has 1 aromatic carbocycles. The summed E-state index contributed by atoms with van der Waals surface area (Å²) in [6, 6.07) is 7.50. The van der Waals surface area contributed by atoms with Crippen LogP contribution in [0.4, 0.5) is 11.4 Å². The third-order valence-electron chi connectivity index (χ3n) is 5.93. The van der Waals surface area contributed by atoms with E-state index in [1.807, 2.05) is 36.1 Å². The van der Waals surface area contributed by atoms with E-state index in [2.05, 4.69) is 15.3 Å². The molecule has 182 valence electrons. The van der Waals surface area contributed by atoms with E-state index in [9.17, 15) is 4.79 Å². The quantitative estimate of drug-likeness (QED) is 0.515. The SMILES string of the molecule is COc1cc(Nc2c(C(=O)N3CCCCCC3)cnc3nc(C)ccc23)cc(OC)c1OC.Cl. The minimum atomic E-state index is -0.0261. The summed E-state index contributed by atoms with van der Waals surface area (Å²) in [5.74, 6) is 1.52. The molecule has 8 nitrogen and oxygen atoms in total. The third-order valence-corrected chi connectivity index (χ3v) is 5.93. The van der Waals surface area contributed by atoms with Crippen molar-refractivity contribution < 1.29 is 19.0 Å². The van der Waals surface area contributed by atoms with Gasteiger partial charge in [-0.15, -0.1) is 12.4 Å². The van der Waals surface area contributed by atoms with Gasteiger partial charge in [-0.3, -0.25) is 4.79 Å². The van der Waals surface area contributed by atoms with Gasteiger partial charge in [-0.05, 0) is 31.9 Å². The fraction of sp³-hybridized carbons (Fsp3) is 0.400. The number of aryl methyl sites for hydroxylation is 1. The normalized spacial score (nSPS) is 13.6. The predicted molar refractivity (Wildman–Crippen MR) is 135 cm³/mol. The summed E-state index contributed by atoms with van der Waals surface area (Å²) in [5.41, 5.74) is 3.32. The Labute approximate surface area is 206 Å². The molecule has 0 spiro atoms. The van der Waals surface area contributed by atoms with E-state index in [1.165, 1.54) is 0 Å². The number of nitrogens with one attached hydrogen (secondary N) is 1. The molecule has 1 N–H and O–H groups in total. The van der Waals surface area contributed by atoms with E-state index in [4.69, 9.17) is 14.2 Å². The number of amides is 1. The zero-order valence-corrected chi connectivity index (χ0v) is 20.8. The molecule has 1 amide bonds. The van der Waals surface area contributed by atoms with E-state index < -0.39 is 0 Å². The van der Waals surface area contributed by atoms with Gasteiger partial charge in [0.05, 0.1) is 32.6 Å². The highest BCUT2D eigenvalue weighted by atomic mass is 35.5. The van der Waals surface area contributed by atoms with Crippen molar-refractivity contribution in [2.75, 3.05) is 39.7 Å². The van der Waals surface area contributed by atoms with Gasteiger partial charge in [0.25, 0.3) is 5.91 Å². The van der Waals surface area contributed by atoms with Crippen molar-refractivity contribution in [3.8, 4) is 17.2 Å². The highest BCUT2D eigenvalue weighted by molar-refractivity contribution is 6.07. The average molecular weight is 487 g/mol. The Morgan fingerprint density at radius 1 is 0.971 bits per heavy atom. The van der Waals surface area contributed by atoms with Crippen LogP contribution in [0, 0.1) is 6.92 Å². The number of methoxy groups -OCH3 is 3. The number of pyridine rings is 2. The summed E-state index contributed by atoms with van der Waals surface area (Å²) in [5, 5.41) is 4.20. The second-order valence-electron chi connectivity index (χ2n) is 8.12. The molecule has 4 rings (SSSR count). The number of benzene rings is 1. The number of hydrogen-bond donors (Lipinski definition) is 1. The highest BCUT2D eigenvalue weighted by Crippen LogP contribution is 2.41. The van der Waals surface area contributed by atoms with Gasteiger partial charge in [-0.25, -0.2) is 9.97 Å². The fourth-order valence-electron chi connectivity index (χ4n) is 4.21. The Kier molecular flexibility index (Phi) is 8.39. The van der Waals surface area contributed by atoms with Crippen molar-refractivity contribution >= 4 is 40.7 Å². The van der Waals surface area contributed by atoms with Crippen molar-refractivity contribution in [3.05, 3.63) is 41.7 Å². The predicted octanol–water partition coefficient (Wildman–Crippen LogP) is 5.15. The summed E-state index contributed by atoms with van der Waals surface area (Å²) < 4.78 is 16.4. The number of aromatic nitrogens is 2. The first-order valence-corrected chi connectivity index (χ1v) is 11.2. The number of nitrogens with zero attached hydrogens (tertiary/aromatic N) is 3. The van der Waals surface area contributed by atoms with E-state index >= 15 is 0 Å². The van der Waals surface area contributed by atoms with Crippen LogP contribution >= 0.6 is 12.4 Å². The molecular formula is C25H31ClN4O4. The first kappa shape index (κ1) is 25.4. The Morgan fingerprint density at radius 2 is 1.62 bits per heavy atom. The smallest absolute Gasteiger partial charge is 0.257 e. The molecule has 2 aromatic heterocycles. The molecule has 0 saturated carbocycles. The van der Waals surface area contributed by atoms with E-state index in [0.29, 0.717) is 39.8 Å². The minimum absolute atomic E-state index is 0. The Bertz CT molecular complexity index is 1140. The van der Waals surface area contributed by atoms with Crippen molar-refractivity contribution in [2.24, 2.45) is 0 Å². The second kappa shape index (κ2) is 11.2. The maximum atomic E-state index is 13.6. The zero-order chi connectivity index (χ0) is 23.4. The fourth-order valence-corrected chi connectivity index (χ4v) is 4.21. The molecule has 0 unspecified atom stereocenters. The standard InChI is InChI=1S/C25H30N4O4.ClH/c1-16-9-10-18-22(28-17-13-20(31-2)23(33-4)21(14-17)32-3)19(15-26-24(18)27-16)25(30)29-11-7-5-6-8-12-29;/h9-10,13-15H,5-8,11-12H2,1-4H3,(H,26,27,28);1H. The van der Waals surface area contributed by atoms with Crippen LogP contribution in [0.5, 0.6) is 17.2 Å². The zero-order valence-electron chi connectivity index (χ0n) is 20.0. The van der Waals surface area contributed by atoms with Gasteiger partial charge in [0, 0.05) is 48.2 Å². The van der Waals surface area contributed by atoms with Crippen molar-refractivity contribution in [1.29, 1.82) is 0 Å². The van der Waals surface area contributed by atoms with E-state index in [1.54, 1.807) is 27.5 Å². The molecule has 1 aliphatic rings. The van der Waals surface area contributed by atoms with Crippen LogP contribution in [0.2, 0.25) is 0 Å². The molecule has 0 atom stereocenters. The van der Waals surface area contributed by atoms with Crippen LogP contribution in [0.3, 0.4) is 0 Å². The molecule has 0 bridgehead atoms. The van der Waals surface area contributed by atoms with Gasteiger partial charge < -0.3 is 24.4 Å². The summed E-state index contributed by atoms with van der Waals surface area (Å²) >= 11 is 0. The maximum Gasteiger partial charge on any atom is 0.257 e. The number of anilines is 2. The van der Waals surface area contributed by atoms with Gasteiger partial charge >= 0.3 is 0 Å². The van der Waals surface area contributed by atoms with Gasteiger partial charge in [-0.2, -0.15) is 0 Å². The highest BCUT2D eigenvalue weighted by Gasteiger charge is 2.23. The molecule has 34 heavy (non-hydrogen) atoms. The second-order valence-corrected chi connectivity index (χ2v) is 8.12. The lowest BCUT2D eigenvalue weighted by Gasteiger charge is -2.23. The number of likely N-dealkylation sites (tertiary alicyclic amines) is 1. The molecular weight excluding hydrogens is 456 g/mol. The van der Waals surface area contributed by atoms with Crippen LogP contribution in [0.25, 0.3) is 11.0 Å². The van der Waals surface area contributed by atoms with Gasteiger partial charge in [0.2, 0.25) is 5.75 Å². The van der Waals surface area contributed by atoms with Gasteiger partial charge in [-0.1, -0.05) is 12.8 Å². The molecule has 9 heteroatoms. The lowest BCUT2D eigenvalue weighted by molar-refractivity contribution is 0.0762. The number of carbonyl (C=O) groups is 1. The third kappa shape index (κ3) is 5.12. The average Bonchev–Trinajstić information content (AvgIpc) is 3.12. The number of rotatable bonds is 6. The Morgan fingerprint density at radius 3 is 2.21 bits per heavy atom. The summed E-state index contributed by atoms with van der Waals surface area (Å²) in [7, 11) is 4.71. The number of ether oxygens (including phenoxy) is 3.